The molecule has 3 heterocycles. The van der Waals surface area contributed by atoms with Crippen molar-refractivity contribution >= 4 is 28.1 Å². The van der Waals surface area contributed by atoms with E-state index >= 15 is 0 Å². The van der Waals surface area contributed by atoms with Crippen molar-refractivity contribution in [3.63, 3.8) is 0 Å². The van der Waals surface area contributed by atoms with Gasteiger partial charge in [-0.2, -0.15) is 0 Å². The number of furan rings is 1. The van der Waals surface area contributed by atoms with Crippen LogP contribution < -0.4 is 15.4 Å². The Bertz CT molecular complexity index is 1300. The fourth-order valence-corrected chi connectivity index (χ4v) is 5.90. The molecule has 1 amide bonds. The number of nitrogens with zero attached hydrogens (tertiary/aromatic N) is 1. The Kier molecular flexibility index (Phi) is 6.86. The SMILES string of the molecule is CCOc1ccc([C@H](Nc2cccc(C)n2)c2c(NC(=O)c3ccco3)sc3c2CCCC3)cc1. The quantitative estimate of drug-likeness (QED) is 0.287. The van der Waals surface area contributed by atoms with Gasteiger partial charge in [0.15, 0.2) is 5.76 Å². The smallest absolute Gasteiger partial charge is 0.291 e. The number of hydrogen-bond donors (Lipinski definition) is 2. The number of aryl methyl sites for hydroxylation is 2. The second-order valence-electron chi connectivity index (χ2n) is 8.63. The van der Waals surface area contributed by atoms with Gasteiger partial charge in [0.2, 0.25) is 0 Å². The van der Waals surface area contributed by atoms with Crippen LogP contribution >= 0.6 is 11.3 Å². The third kappa shape index (κ3) is 5.10. The van der Waals surface area contributed by atoms with Crippen molar-refractivity contribution in [1.82, 2.24) is 4.98 Å². The van der Waals surface area contributed by atoms with Crippen molar-refractivity contribution in [3.05, 3.63) is 93.9 Å². The van der Waals surface area contributed by atoms with E-state index < -0.39 is 0 Å². The summed E-state index contributed by atoms with van der Waals surface area (Å²) in [5.74, 6) is 1.69. The lowest BCUT2D eigenvalue weighted by Gasteiger charge is -2.24. The van der Waals surface area contributed by atoms with E-state index in [1.165, 1.54) is 23.1 Å². The number of ether oxygens (including phenoxy) is 1. The van der Waals surface area contributed by atoms with Crippen LogP contribution in [0, 0.1) is 6.92 Å². The molecule has 0 aliphatic heterocycles. The molecule has 3 aromatic heterocycles. The highest BCUT2D eigenvalue weighted by Gasteiger charge is 2.29. The maximum atomic E-state index is 13.0. The van der Waals surface area contributed by atoms with E-state index in [9.17, 15) is 4.79 Å². The number of amides is 1. The molecule has 1 aromatic carbocycles. The highest BCUT2D eigenvalue weighted by atomic mass is 32.1. The zero-order valence-corrected chi connectivity index (χ0v) is 20.8. The van der Waals surface area contributed by atoms with E-state index in [0.29, 0.717) is 12.4 Å². The molecule has 0 unspecified atom stereocenters. The summed E-state index contributed by atoms with van der Waals surface area (Å²) in [6.45, 7) is 4.58. The summed E-state index contributed by atoms with van der Waals surface area (Å²) in [4.78, 5) is 19.0. The third-order valence-electron chi connectivity index (χ3n) is 6.18. The maximum Gasteiger partial charge on any atom is 0.291 e. The van der Waals surface area contributed by atoms with Gasteiger partial charge in [-0.25, -0.2) is 4.98 Å². The molecule has 6 nitrogen and oxygen atoms in total. The fraction of sp³-hybridized carbons (Fsp3) is 0.286. The number of aromatic nitrogens is 1. The summed E-state index contributed by atoms with van der Waals surface area (Å²) in [5, 5.41) is 7.68. The number of benzene rings is 1. The van der Waals surface area contributed by atoms with Crippen molar-refractivity contribution in [2.45, 2.75) is 45.6 Å². The van der Waals surface area contributed by atoms with Gasteiger partial charge in [-0.05, 0) is 87.1 Å². The summed E-state index contributed by atoms with van der Waals surface area (Å²) in [6, 6.07) is 17.4. The standard InChI is InChI=1S/C28H29N3O3S/c1-3-33-20-15-13-19(14-16-20)26(30-24-12-6-8-18(2)29-24)25-21-9-4-5-11-23(21)35-28(25)31-27(32)22-10-7-17-34-22/h6-8,10,12-17,26H,3-5,9,11H2,1-2H3,(H,29,30)(H,31,32)/t26-/m0/s1. The Balaban J connectivity index is 1.60. The van der Waals surface area contributed by atoms with E-state index in [1.807, 2.05) is 44.2 Å². The number of hydrogen-bond acceptors (Lipinski definition) is 6. The minimum atomic E-state index is -0.242. The van der Waals surface area contributed by atoms with Crippen LogP contribution in [0.2, 0.25) is 0 Å². The molecule has 0 spiro atoms. The van der Waals surface area contributed by atoms with Crippen molar-refractivity contribution in [2.75, 3.05) is 17.2 Å². The molecule has 2 N–H and O–H groups in total. The van der Waals surface area contributed by atoms with Gasteiger partial charge in [-0.3, -0.25) is 4.79 Å². The van der Waals surface area contributed by atoms with E-state index in [4.69, 9.17) is 14.1 Å². The predicted molar refractivity (Wildman–Crippen MR) is 140 cm³/mol. The molecule has 7 heteroatoms. The molecule has 4 aromatic rings. The summed E-state index contributed by atoms with van der Waals surface area (Å²) >= 11 is 1.68. The third-order valence-corrected chi connectivity index (χ3v) is 7.40. The summed E-state index contributed by atoms with van der Waals surface area (Å²) in [7, 11) is 0. The lowest BCUT2D eigenvalue weighted by molar-refractivity contribution is 0.0997. The number of fused-ring (bicyclic) bond motifs is 1. The topological polar surface area (TPSA) is 76.4 Å². The summed E-state index contributed by atoms with van der Waals surface area (Å²) < 4.78 is 11.0. The van der Waals surface area contributed by atoms with Crippen LogP contribution in [0.1, 0.15) is 63.6 Å². The van der Waals surface area contributed by atoms with Crippen molar-refractivity contribution in [1.29, 1.82) is 0 Å². The number of nitrogens with one attached hydrogen (secondary N) is 2. The molecule has 5 rings (SSSR count). The van der Waals surface area contributed by atoms with Gasteiger partial charge in [0, 0.05) is 16.1 Å². The molecular formula is C28H29N3O3S. The number of thiophene rings is 1. The number of rotatable bonds is 8. The Morgan fingerprint density at radius 3 is 2.69 bits per heavy atom. The summed E-state index contributed by atoms with van der Waals surface area (Å²) in [6.07, 6.45) is 5.85. The number of carbonyl (C=O) groups excluding carboxylic acids is 1. The molecule has 0 radical (unpaired) electrons. The predicted octanol–water partition coefficient (Wildman–Crippen LogP) is 6.78. The molecule has 0 fully saturated rings. The molecule has 35 heavy (non-hydrogen) atoms. The highest BCUT2D eigenvalue weighted by molar-refractivity contribution is 7.16. The zero-order valence-electron chi connectivity index (χ0n) is 20.0. The highest BCUT2D eigenvalue weighted by Crippen LogP contribution is 2.44. The average molecular weight is 488 g/mol. The lowest BCUT2D eigenvalue weighted by atomic mass is 9.89. The molecular weight excluding hydrogens is 458 g/mol. The van der Waals surface area contributed by atoms with Crippen molar-refractivity contribution in [2.24, 2.45) is 0 Å². The van der Waals surface area contributed by atoms with Crippen LogP contribution in [0.3, 0.4) is 0 Å². The molecule has 0 bridgehead atoms. The van der Waals surface area contributed by atoms with Gasteiger partial charge < -0.3 is 19.8 Å². The molecule has 0 saturated heterocycles. The van der Waals surface area contributed by atoms with Gasteiger partial charge in [-0.15, -0.1) is 11.3 Å². The van der Waals surface area contributed by atoms with Crippen molar-refractivity contribution < 1.29 is 13.9 Å². The lowest BCUT2D eigenvalue weighted by Crippen LogP contribution is -2.19. The van der Waals surface area contributed by atoms with Gasteiger partial charge in [-0.1, -0.05) is 18.2 Å². The first-order chi connectivity index (χ1) is 17.1. The summed E-state index contributed by atoms with van der Waals surface area (Å²) in [5.41, 5.74) is 4.46. The Hall–Kier alpha value is -3.58. The normalized spacial score (nSPS) is 13.7. The van der Waals surface area contributed by atoms with Crippen LogP contribution in [0.25, 0.3) is 0 Å². The van der Waals surface area contributed by atoms with Crippen molar-refractivity contribution in [3.8, 4) is 5.75 Å². The minimum Gasteiger partial charge on any atom is -0.494 e. The first-order valence-electron chi connectivity index (χ1n) is 12.0. The minimum absolute atomic E-state index is 0.190. The number of pyridine rings is 1. The first kappa shape index (κ1) is 23.2. The van der Waals surface area contributed by atoms with Crippen LogP contribution in [0.5, 0.6) is 5.75 Å². The van der Waals surface area contributed by atoms with E-state index in [1.54, 1.807) is 23.5 Å². The molecule has 180 valence electrons. The van der Waals surface area contributed by atoms with Gasteiger partial charge >= 0.3 is 0 Å². The van der Waals surface area contributed by atoms with Gasteiger partial charge in [0.1, 0.15) is 16.6 Å². The first-order valence-corrected chi connectivity index (χ1v) is 12.9. The second-order valence-corrected chi connectivity index (χ2v) is 9.73. The molecule has 1 aliphatic rings. The Morgan fingerprint density at radius 1 is 1.11 bits per heavy atom. The average Bonchev–Trinajstić information content (AvgIpc) is 3.52. The molecule has 0 saturated carbocycles. The van der Waals surface area contributed by atoms with Gasteiger partial charge in [0.05, 0.1) is 18.9 Å². The largest absolute Gasteiger partial charge is 0.494 e. The monoisotopic (exact) mass is 487 g/mol. The van der Waals surface area contributed by atoms with E-state index in [-0.39, 0.29) is 11.9 Å². The number of carbonyl (C=O) groups is 1. The molecule has 1 aliphatic carbocycles. The van der Waals surface area contributed by atoms with Crippen LogP contribution in [-0.4, -0.2) is 17.5 Å². The fourth-order valence-electron chi connectivity index (χ4n) is 4.58. The van der Waals surface area contributed by atoms with Crippen LogP contribution in [0.15, 0.2) is 65.3 Å². The van der Waals surface area contributed by atoms with E-state index in [2.05, 4.69) is 22.8 Å². The van der Waals surface area contributed by atoms with E-state index in [0.717, 1.165) is 52.7 Å². The Labute approximate surface area is 209 Å². The Morgan fingerprint density at radius 2 is 1.94 bits per heavy atom. The van der Waals surface area contributed by atoms with Crippen LogP contribution in [0.4, 0.5) is 10.8 Å². The number of anilines is 2. The second kappa shape index (κ2) is 10.4. The van der Waals surface area contributed by atoms with Crippen LogP contribution in [-0.2, 0) is 12.8 Å². The maximum absolute atomic E-state index is 13.0. The van der Waals surface area contributed by atoms with Gasteiger partial charge in [0.25, 0.3) is 5.91 Å². The zero-order chi connectivity index (χ0) is 24.2. The molecule has 1 atom stereocenters.